The van der Waals surface area contributed by atoms with Crippen LogP contribution in [-0.2, 0) is 29.1 Å². The van der Waals surface area contributed by atoms with Gasteiger partial charge < -0.3 is 29.4 Å². The molecule has 3 N–H and O–H groups in total. The molecule has 0 radical (unpaired) electrons. The summed E-state index contributed by atoms with van der Waals surface area (Å²) >= 11 is 0. The number of ether oxygens (including phenoxy) is 3. The molecule has 0 saturated carbocycles. The Morgan fingerprint density at radius 1 is 1.07 bits per heavy atom. The van der Waals surface area contributed by atoms with E-state index in [0.717, 1.165) is 5.69 Å². The van der Waals surface area contributed by atoms with Crippen molar-refractivity contribution in [3.8, 4) is 11.5 Å². The van der Waals surface area contributed by atoms with Crippen molar-refractivity contribution in [2.45, 2.75) is 45.9 Å². The molecule has 43 heavy (non-hydrogen) atoms. The molecule has 5 aromatic rings. The van der Waals surface area contributed by atoms with Gasteiger partial charge in [0.1, 0.15) is 24.6 Å². The predicted octanol–water partition coefficient (Wildman–Crippen LogP) is 5.62. The van der Waals surface area contributed by atoms with Gasteiger partial charge in [0.05, 0.1) is 36.9 Å². The number of carbonyl (C=O) groups excluding carboxylic acids is 1. The van der Waals surface area contributed by atoms with Crippen LogP contribution in [0.15, 0.2) is 67.1 Å². The lowest BCUT2D eigenvalue weighted by Crippen LogP contribution is -2.22. The topological polar surface area (TPSA) is 128 Å². The molecule has 0 spiro atoms. The van der Waals surface area contributed by atoms with Crippen molar-refractivity contribution in [2.24, 2.45) is 0 Å². The van der Waals surface area contributed by atoms with Crippen molar-refractivity contribution in [2.75, 3.05) is 24.4 Å². The van der Waals surface area contributed by atoms with E-state index in [1.54, 1.807) is 19.2 Å². The maximum atomic E-state index is 13.4. The number of hydrogen-bond donors (Lipinski definition) is 3. The van der Waals surface area contributed by atoms with Gasteiger partial charge in [-0.1, -0.05) is 6.07 Å². The molecule has 3 heterocycles. The number of halogens is 1. The molecule has 5 rings (SSSR count). The molecule has 0 bridgehead atoms. The predicted molar refractivity (Wildman–Crippen MR) is 161 cm³/mol. The molecule has 0 aliphatic rings. The highest BCUT2D eigenvalue weighted by Gasteiger charge is 2.15. The van der Waals surface area contributed by atoms with Crippen molar-refractivity contribution < 1.29 is 23.4 Å². The third kappa shape index (κ3) is 7.86. The van der Waals surface area contributed by atoms with Gasteiger partial charge in [0, 0.05) is 41.6 Å². The Morgan fingerprint density at radius 2 is 1.93 bits per heavy atom. The zero-order valence-electron chi connectivity index (χ0n) is 24.5. The number of benzene rings is 2. The van der Waals surface area contributed by atoms with E-state index < -0.39 is 5.82 Å². The third-order valence-electron chi connectivity index (χ3n) is 6.42. The summed E-state index contributed by atoms with van der Waals surface area (Å²) < 4.78 is 33.2. The number of nitrogens with one attached hydrogen (secondary N) is 3. The van der Waals surface area contributed by atoms with E-state index in [0.29, 0.717) is 65.2 Å². The number of fused-ring (bicyclic) bond motifs is 1. The molecule has 224 valence electrons. The fraction of sp³-hybridized carbons (Fsp3) is 0.290. The maximum Gasteiger partial charge on any atom is 0.230 e. The first-order valence-corrected chi connectivity index (χ1v) is 13.8. The van der Waals surface area contributed by atoms with Crippen molar-refractivity contribution in [1.29, 1.82) is 0 Å². The third-order valence-corrected chi connectivity index (χ3v) is 6.42. The highest BCUT2D eigenvalue weighted by molar-refractivity contribution is 5.93. The molecular formula is C31H34FN7O4. The summed E-state index contributed by atoms with van der Waals surface area (Å²) in [6, 6.07) is 15.0. The quantitative estimate of drug-likeness (QED) is 0.172. The molecule has 12 heteroatoms. The van der Waals surface area contributed by atoms with E-state index in [4.69, 9.17) is 14.2 Å². The minimum absolute atomic E-state index is 0.0250. The van der Waals surface area contributed by atoms with E-state index in [9.17, 15) is 9.18 Å². The fourth-order valence-corrected chi connectivity index (χ4v) is 4.42. The highest BCUT2D eigenvalue weighted by Crippen LogP contribution is 2.35. The SMILES string of the molecule is COc1cc2c(Nc3cc(CC(=O)Nc4cccc(F)c4)[nH]n3)ncnc2cc1OCc1cccn1CCOC(C)(C)C. The molecule has 11 nitrogen and oxygen atoms in total. The number of hydrogen-bond acceptors (Lipinski definition) is 8. The smallest absolute Gasteiger partial charge is 0.230 e. The van der Waals surface area contributed by atoms with Crippen LogP contribution in [0, 0.1) is 5.82 Å². The number of anilines is 3. The van der Waals surface area contributed by atoms with E-state index in [1.807, 2.05) is 51.2 Å². The van der Waals surface area contributed by atoms with Gasteiger partial charge in [-0.2, -0.15) is 5.10 Å². The number of nitrogens with zero attached hydrogens (tertiary/aromatic N) is 4. The van der Waals surface area contributed by atoms with Crippen LogP contribution in [0.25, 0.3) is 10.9 Å². The summed E-state index contributed by atoms with van der Waals surface area (Å²) in [5.41, 5.74) is 2.40. The average Bonchev–Trinajstić information content (AvgIpc) is 3.59. The highest BCUT2D eigenvalue weighted by atomic mass is 19.1. The lowest BCUT2D eigenvalue weighted by Gasteiger charge is -2.20. The molecule has 0 fully saturated rings. The Balaban J connectivity index is 1.25. The van der Waals surface area contributed by atoms with Gasteiger partial charge in [-0.05, 0) is 57.2 Å². The number of aromatic nitrogens is 5. The standard InChI is InChI=1S/C31H34FN7O4/c1-31(2,3)43-12-11-39-10-6-9-23(39)18-42-27-17-25-24(16-26(27)41-4)30(34-19-33-25)36-28-14-22(37-38-28)15-29(40)35-21-8-5-7-20(32)13-21/h5-10,13-14,16-17,19H,11-12,15,18H2,1-4H3,(H,35,40)(H2,33,34,36,37,38). The second-order valence-corrected chi connectivity index (χ2v) is 10.8. The van der Waals surface area contributed by atoms with Crippen molar-refractivity contribution in [3.05, 3.63) is 84.3 Å². The van der Waals surface area contributed by atoms with Gasteiger partial charge in [0.15, 0.2) is 17.3 Å². The van der Waals surface area contributed by atoms with Crippen LogP contribution >= 0.6 is 0 Å². The summed E-state index contributed by atoms with van der Waals surface area (Å²) in [4.78, 5) is 21.2. The van der Waals surface area contributed by atoms with Gasteiger partial charge in [-0.3, -0.25) is 9.89 Å². The number of methoxy groups -OCH3 is 1. The van der Waals surface area contributed by atoms with Crippen LogP contribution < -0.4 is 20.1 Å². The first-order chi connectivity index (χ1) is 20.7. The Labute approximate surface area is 248 Å². The normalized spacial score (nSPS) is 11.5. The van der Waals surface area contributed by atoms with E-state index in [2.05, 4.69) is 35.4 Å². The van der Waals surface area contributed by atoms with E-state index in [-0.39, 0.29) is 17.9 Å². The first-order valence-electron chi connectivity index (χ1n) is 13.8. The molecule has 0 atom stereocenters. The van der Waals surface area contributed by atoms with Crippen LogP contribution in [0.5, 0.6) is 11.5 Å². The Kier molecular flexibility index (Phi) is 8.86. The summed E-state index contributed by atoms with van der Waals surface area (Å²) in [6.45, 7) is 7.75. The minimum atomic E-state index is -0.425. The lowest BCUT2D eigenvalue weighted by molar-refractivity contribution is -0.115. The van der Waals surface area contributed by atoms with E-state index >= 15 is 0 Å². The largest absolute Gasteiger partial charge is 0.493 e. The number of rotatable bonds is 12. The van der Waals surface area contributed by atoms with Crippen LogP contribution in [0.4, 0.5) is 21.7 Å². The van der Waals surface area contributed by atoms with Crippen LogP contribution in [0.3, 0.4) is 0 Å². The molecule has 1 amide bonds. The summed E-state index contributed by atoms with van der Waals surface area (Å²) in [5.74, 6) is 1.30. The minimum Gasteiger partial charge on any atom is -0.493 e. The second-order valence-electron chi connectivity index (χ2n) is 10.8. The second kappa shape index (κ2) is 12.9. The Hall–Kier alpha value is -4.97. The molecule has 0 aliphatic carbocycles. The Bertz CT molecular complexity index is 1710. The fourth-order valence-electron chi connectivity index (χ4n) is 4.42. The van der Waals surface area contributed by atoms with E-state index in [1.165, 1.54) is 24.5 Å². The lowest BCUT2D eigenvalue weighted by atomic mass is 10.2. The van der Waals surface area contributed by atoms with Gasteiger partial charge in [0.2, 0.25) is 5.91 Å². The van der Waals surface area contributed by atoms with Crippen molar-refractivity contribution in [3.63, 3.8) is 0 Å². The molecule has 0 unspecified atom stereocenters. The molecule has 0 aliphatic heterocycles. The summed E-state index contributed by atoms with van der Waals surface area (Å²) in [7, 11) is 1.58. The number of aromatic amines is 1. The monoisotopic (exact) mass is 587 g/mol. The zero-order valence-corrected chi connectivity index (χ0v) is 24.5. The number of carbonyl (C=O) groups is 1. The molecule has 3 aromatic heterocycles. The molecule has 0 saturated heterocycles. The molecule has 2 aromatic carbocycles. The first kappa shape index (κ1) is 29.5. The Morgan fingerprint density at radius 3 is 2.72 bits per heavy atom. The van der Waals surface area contributed by atoms with Gasteiger partial charge in [0.25, 0.3) is 0 Å². The summed E-state index contributed by atoms with van der Waals surface area (Å²) in [5, 5.41) is 13.6. The van der Waals surface area contributed by atoms with Crippen molar-refractivity contribution >= 4 is 34.1 Å². The van der Waals surface area contributed by atoms with Crippen molar-refractivity contribution in [1.82, 2.24) is 24.7 Å². The van der Waals surface area contributed by atoms with Crippen LogP contribution in [-0.4, -0.2) is 50.0 Å². The van der Waals surface area contributed by atoms with Gasteiger partial charge >= 0.3 is 0 Å². The number of amides is 1. The zero-order chi connectivity index (χ0) is 30.4. The van der Waals surface area contributed by atoms with Crippen LogP contribution in [0.1, 0.15) is 32.2 Å². The summed E-state index contributed by atoms with van der Waals surface area (Å²) in [6.07, 6.45) is 3.48. The molecular weight excluding hydrogens is 553 g/mol. The van der Waals surface area contributed by atoms with Gasteiger partial charge in [-0.15, -0.1) is 0 Å². The van der Waals surface area contributed by atoms with Gasteiger partial charge in [-0.25, -0.2) is 14.4 Å². The maximum absolute atomic E-state index is 13.4. The average molecular weight is 588 g/mol. The van der Waals surface area contributed by atoms with Crippen LogP contribution in [0.2, 0.25) is 0 Å². The number of H-pyrrole nitrogens is 1.